The molecule has 0 saturated carbocycles. The van der Waals surface area contributed by atoms with Crippen LogP contribution in [-0.2, 0) is 0 Å². The van der Waals surface area contributed by atoms with Crippen molar-refractivity contribution in [3.05, 3.63) is 29.7 Å². The molecule has 1 atom stereocenters. The molecule has 1 fully saturated rings. The normalized spacial score (nSPS) is 19.5. The Hall–Kier alpha value is -2.13. The first-order chi connectivity index (χ1) is 12.2. The number of nitrogens with zero attached hydrogens (tertiary/aromatic N) is 5. The maximum absolute atomic E-state index is 13.0. The summed E-state index contributed by atoms with van der Waals surface area (Å²) in [6, 6.07) is 3.18. The summed E-state index contributed by atoms with van der Waals surface area (Å²) in [5.74, 6) is -0.686. The first kappa shape index (κ1) is 18.7. The van der Waals surface area contributed by atoms with Gasteiger partial charge in [0, 0.05) is 38.4 Å². The molecule has 142 valence electrons. The molecule has 1 N–H and O–H groups in total. The molecule has 0 bridgehead atoms. The van der Waals surface area contributed by atoms with Crippen LogP contribution in [0.25, 0.3) is 5.65 Å². The molecule has 1 aliphatic heterocycles. The first-order valence-corrected chi connectivity index (χ1v) is 8.54. The third-order valence-electron chi connectivity index (χ3n) is 4.51. The molecule has 2 aromatic rings. The van der Waals surface area contributed by atoms with Gasteiger partial charge < -0.3 is 10.0 Å². The Balaban J connectivity index is 1.76. The second-order valence-electron chi connectivity index (χ2n) is 7.39. The number of rotatable bonds is 4. The van der Waals surface area contributed by atoms with Crippen molar-refractivity contribution >= 4 is 11.6 Å². The number of carbonyl (C=O) groups excluding carboxylic acids is 1. The van der Waals surface area contributed by atoms with Crippen molar-refractivity contribution < 1.29 is 18.7 Å². The number of alkyl halides is 2. The van der Waals surface area contributed by atoms with Crippen molar-refractivity contribution in [2.75, 3.05) is 26.2 Å². The predicted molar refractivity (Wildman–Crippen MR) is 91.2 cm³/mol. The molecule has 0 spiro atoms. The molecular weight excluding hydrogens is 344 g/mol. The number of halogens is 2. The van der Waals surface area contributed by atoms with Gasteiger partial charge in [-0.05, 0) is 32.9 Å². The summed E-state index contributed by atoms with van der Waals surface area (Å²) in [7, 11) is 0. The maximum Gasteiger partial charge on any atom is 0.297 e. The highest BCUT2D eigenvalue weighted by atomic mass is 19.3. The van der Waals surface area contributed by atoms with Crippen molar-refractivity contribution in [3.8, 4) is 0 Å². The zero-order valence-corrected chi connectivity index (χ0v) is 15.1. The second kappa shape index (κ2) is 6.88. The fourth-order valence-electron chi connectivity index (χ4n) is 3.28. The lowest BCUT2D eigenvalue weighted by atomic mass is 10.1. The number of hydrogen-bond acceptors (Lipinski definition) is 5. The van der Waals surface area contributed by atoms with Crippen LogP contribution < -0.4 is 0 Å². The van der Waals surface area contributed by atoms with E-state index in [2.05, 4.69) is 15.1 Å². The molecule has 0 radical (unpaired) electrons. The van der Waals surface area contributed by atoms with Gasteiger partial charge in [0.15, 0.2) is 5.65 Å². The van der Waals surface area contributed by atoms with Crippen molar-refractivity contribution in [1.29, 1.82) is 0 Å². The van der Waals surface area contributed by atoms with E-state index in [9.17, 15) is 18.7 Å². The summed E-state index contributed by atoms with van der Waals surface area (Å²) in [4.78, 5) is 16.6. The SMILES string of the molecule is CC1CN(C(=O)c2ccc3nnc(C(F)F)n3c2)CCN1CC(C)(C)O. The summed E-state index contributed by atoms with van der Waals surface area (Å²) >= 11 is 0. The molecule has 7 nitrogen and oxygen atoms in total. The minimum Gasteiger partial charge on any atom is -0.389 e. The minimum atomic E-state index is -2.76. The molecule has 1 unspecified atom stereocenters. The Kier molecular flexibility index (Phi) is 4.94. The van der Waals surface area contributed by atoms with E-state index in [0.717, 1.165) is 4.40 Å². The average Bonchev–Trinajstić information content (AvgIpc) is 2.98. The number of aliphatic hydroxyl groups is 1. The summed E-state index contributed by atoms with van der Waals surface area (Å²) in [5.41, 5.74) is -0.200. The molecule has 2 aromatic heterocycles. The van der Waals surface area contributed by atoms with E-state index in [1.54, 1.807) is 24.8 Å². The van der Waals surface area contributed by atoms with Crippen LogP contribution in [0.4, 0.5) is 8.78 Å². The Morgan fingerprint density at radius 2 is 2.08 bits per heavy atom. The van der Waals surface area contributed by atoms with Gasteiger partial charge in [-0.25, -0.2) is 8.78 Å². The van der Waals surface area contributed by atoms with Gasteiger partial charge >= 0.3 is 0 Å². The van der Waals surface area contributed by atoms with E-state index in [0.29, 0.717) is 31.7 Å². The molecule has 3 heterocycles. The van der Waals surface area contributed by atoms with Crippen LogP contribution in [0.5, 0.6) is 0 Å². The number of carbonyl (C=O) groups is 1. The van der Waals surface area contributed by atoms with Gasteiger partial charge in [-0.1, -0.05) is 0 Å². The van der Waals surface area contributed by atoms with E-state index < -0.39 is 17.9 Å². The summed E-state index contributed by atoms with van der Waals surface area (Å²) in [6.45, 7) is 7.72. The number of fused-ring (bicyclic) bond motifs is 1. The third kappa shape index (κ3) is 3.83. The molecule has 1 aliphatic rings. The molecule has 3 rings (SSSR count). The van der Waals surface area contributed by atoms with Gasteiger partial charge in [-0.2, -0.15) is 0 Å². The summed E-state index contributed by atoms with van der Waals surface area (Å²) in [5, 5.41) is 17.2. The topological polar surface area (TPSA) is 74.0 Å². The maximum atomic E-state index is 13.0. The van der Waals surface area contributed by atoms with Gasteiger partial charge in [0.05, 0.1) is 11.2 Å². The van der Waals surface area contributed by atoms with E-state index in [1.807, 2.05) is 6.92 Å². The first-order valence-electron chi connectivity index (χ1n) is 8.54. The van der Waals surface area contributed by atoms with Crippen LogP contribution in [0.2, 0.25) is 0 Å². The van der Waals surface area contributed by atoms with Crippen molar-refractivity contribution in [2.45, 2.75) is 38.8 Å². The summed E-state index contributed by atoms with van der Waals surface area (Å²) < 4.78 is 27.2. The molecule has 0 aliphatic carbocycles. The number of aromatic nitrogens is 3. The Bertz CT molecular complexity index is 802. The van der Waals surface area contributed by atoms with Gasteiger partial charge in [0.2, 0.25) is 5.82 Å². The van der Waals surface area contributed by atoms with Crippen molar-refractivity contribution in [3.63, 3.8) is 0 Å². The highest BCUT2D eigenvalue weighted by Gasteiger charge is 2.30. The number of β-amino-alcohol motifs (C(OH)–C–C–N with tert-alkyl or cyclic N) is 1. The number of piperazine rings is 1. The largest absolute Gasteiger partial charge is 0.389 e. The second-order valence-corrected chi connectivity index (χ2v) is 7.39. The monoisotopic (exact) mass is 367 g/mol. The Morgan fingerprint density at radius 1 is 1.35 bits per heavy atom. The summed E-state index contributed by atoms with van der Waals surface area (Å²) in [6.07, 6.45) is -1.40. The van der Waals surface area contributed by atoms with E-state index in [-0.39, 0.29) is 17.6 Å². The van der Waals surface area contributed by atoms with Gasteiger partial charge in [0.1, 0.15) is 0 Å². The van der Waals surface area contributed by atoms with E-state index >= 15 is 0 Å². The fraction of sp³-hybridized carbons (Fsp3) is 0.588. The van der Waals surface area contributed by atoms with Crippen LogP contribution in [0, 0.1) is 0 Å². The zero-order valence-electron chi connectivity index (χ0n) is 15.1. The van der Waals surface area contributed by atoms with Gasteiger partial charge in [-0.3, -0.25) is 14.1 Å². The van der Waals surface area contributed by atoms with Crippen LogP contribution in [-0.4, -0.2) is 73.2 Å². The predicted octanol–water partition coefficient (Wildman–Crippen LogP) is 1.58. The fourth-order valence-corrected chi connectivity index (χ4v) is 3.28. The molecule has 1 amide bonds. The zero-order chi connectivity index (χ0) is 19.1. The highest BCUT2D eigenvalue weighted by molar-refractivity contribution is 5.94. The standard InChI is InChI=1S/C17H23F2N5O2/c1-11-8-22(6-7-23(11)10-17(2,3)26)16(25)12-4-5-13-20-21-15(14(18)19)24(13)9-12/h4-5,9,11,14,26H,6-8,10H2,1-3H3. The van der Waals surface area contributed by atoms with E-state index in [1.165, 1.54) is 12.3 Å². The lowest BCUT2D eigenvalue weighted by Crippen LogP contribution is -2.56. The van der Waals surface area contributed by atoms with Crippen LogP contribution >= 0.6 is 0 Å². The number of hydrogen-bond donors (Lipinski definition) is 1. The highest BCUT2D eigenvalue weighted by Crippen LogP contribution is 2.20. The molecule has 0 aromatic carbocycles. The van der Waals surface area contributed by atoms with Crippen LogP contribution in [0.15, 0.2) is 18.3 Å². The average molecular weight is 367 g/mol. The molecule has 1 saturated heterocycles. The molecular formula is C17H23F2N5O2. The lowest BCUT2D eigenvalue weighted by Gasteiger charge is -2.42. The third-order valence-corrected chi connectivity index (χ3v) is 4.51. The van der Waals surface area contributed by atoms with Crippen LogP contribution in [0.3, 0.4) is 0 Å². The van der Waals surface area contributed by atoms with Crippen molar-refractivity contribution in [1.82, 2.24) is 24.4 Å². The van der Waals surface area contributed by atoms with E-state index in [4.69, 9.17) is 0 Å². The lowest BCUT2D eigenvalue weighted by molar-refractivity contribution is -0.00145. The molecule has 26 heavy (non-hydrogen) atoms. The molecule has 9 heteroatoms. The van der Waals surface area contributed by atoms with Gasteiger partial charge in [-0.15, -0.1) is 10.2 Å². The number of pyridine rings is 1. The van der Waals surface area contributed by atoms with Crippen LogP contribution in [0.1, 0.15) is 43.4 Å². The Morgan fingerprint density at radius 3 is 2.69 bits per heavy atom. The van der Waals surface area contributed by atoms with Crippen molar-refractivity contribution in [2.24, 2.45) is 0 Å². The number of amides is 1. The Labute approximate surface area is 150 Å². The van der Waals surface area contributed by atoms with Gasteiger partial charge in [0.25, 0.3) is 12.3 Å². The minimum absolute atomic E-state index is 0.0920. The quantitative estimate of drug-likeness (QED) is 0.888. The smallest absolute Gasteiger partial charge is 0.297 e.